The minimum atomic E-state index is -2.83. The number of aliphatic hydroxyl groups is 2. The van der Waals surface area contributed by atoms with E-state index >= 15 is 4.39 Å². The van der Waals surface area contributed by atoms with Crippen molar-refractivity contribution in [2.24, 2.45) is 34.8 Å². The van der Waals surface area contributed by atoms with Crippen molar-refractivity contribution < 1.29 is 43.7 Å². The Morgan fingerprint density at radius 3 is 2.29 bits per heavy atom. The molecular weight excluding hydrogens is 537 g/mol. The molecule has 1 aromatic rings. The van der Waals surface area contributed by atoms with Crippen molar-refractivity contribution in [3.8, 4) is 5.75 Å². The summed E-state index contributed by atoms with van der Waals surface area (Å²) in [5.74, 6) is -12.7. The van der Waals surface area contributed by atoms with E-state index in [4.69, 9.17) is 5.73 Å². The molecule has 7 atom stereocenters. The molecule has 2 unspecified atom stereocenters. The average molecular weight is 576 g/mol. The zero-order valence-electron chi connectivity index (χ0n) is 24.1. The van der Waals surface area contributed by atoms with Crippen LogP contribution >= 0.6 is 0 Å². The van der Waals surface area contributed by atoms with Crippen molar-refractivity contribution >= 4 is 29.0 Å². The fourth-order valence-corrected chi connectivity index (χ4v) is 7.28. The van der Waals surface area contributed by atoms with Crippen molar-refractivity contribution in [3.05, 3.63) is 28.6 Å². The van der Waals surface area contributed by atoms with Gasteiger partial charge in [-0.1, -0.05) is 20.8 Å². The molecule has 2 saturated carbocycles. The molecule has 12 heteroatoms. The average Bonchev–Trinajstić information content (AvgIpc) is 2.83. The normalized spacial score (nSPS) is 30.8. The Labute approximate surface area is 237 Å². The molecule has 5 N–H and O–H groups in total. The highest BCUT2D eigenvalue weighted by Gasteiger charge is 2.69. The molecule has 0 aliphatic heterocycles. The number of nitrogens with two attached hydrogens (primary N) is 1. The number of nitrogens with zero attached hydrogens (tertiary/aromatic N) is 2. The number of likely N-dealkylation sites (N-methyl/N-ethyl adjacent to an activating group) is 2. The standard InChI is InChI=1S/C29H38FN3O8/c1-28(2,3)17(11-34)33(6)10-13-9-16(35)19-14(21(13)30)7-12-8-15-22(32(4)5)24(37)20(27(31)40)26(39)29(15,41)25(38)18(12)23(19)36/h9,12,15,17-18,20,22,34-35,41H,7-8,10-11H2,1-6H3,(H2,31,40)/t12-,15-,17+,18?,20?,22-,29-/m0/s1. The Hall–Kier alpha value is -3.06. The lowest BCUT2D eigenvalue weighted by Crippen LogP contribution is -2.74. The monoisotopic (exact) mass is 575 g/mol. The van der Waals surface area contributed by atoms with Gasteiger partial charge in [0.2, 0.25) is 5.91 Å². The van der Waals surface area contributed by atoms with Crippen LogP contribution in [-0.4, -0.2) is 99.6 Å². The molecule has 0 aromatic heterocycles. The van der Waals surface area contributed by atoms with Gasteiger partial charge in [0.1, 0.15) is 11.6 Å². The first-order valence-corrected chi connectivity index (χ1v) is 13.6. The number of aromatic hydroxyl groups is 1. The van der Waals surface area contributed by atoms with Crippen LogP contribution in [0.3, 0.4) is 0 Å². The van der Waals surface area contributed by atoms with E-state index in [1.165, 1.54) is 19.0 Å². The highest BCUT2D eigenvalue weighted by atomic mass is 19.1. The summed E-state index contributed by atoms with van der Waals surface area (Å²) >= 11 is 0. The molecule has 11 nitrogen and oxygen atoms in total. The lowest BCUT2D eigenvalue weighted by atomic mass is 9.52. The Morgan fingerprint density at radius 1 is 1.17 bits per heavy atom. The van der Waals surface area contributed by atoms with Gasteiger partial charge in [-0.25, -0.2) is 4.39 Å². The smallest absolute Gasteiger partial charge is 0.235 e. The van der Waals surface area contributed by atoms with E-state index in [1.54, 1.807) is 11.9 Å². The van der Waals surface area contributed by atoms with E-state index in [9.17, 15) is 39.3 Å². The van der Waals surface area contributed by atoms with E-state index in [0.717, 1.165) is 6.07 Å². The maximum atomic E-state index is 16.0. The van der Waals surface area contributed by atoms with Crippen LogP contribution < -0.4 is 5.73 Å². The minimum Gasteiger partial charge on any atom is -0.507 e. The van der Waals surface area contributed by atoms with Crippen molar-refractivity contribution in [1.29, 1.82) is 0 Å². The topological polar surface area (TPSA) is 179 Å². The van der Waals surface area contributed by atoms with Gasteiger partial charge in [0.15, 0.2) is 34.7 Å². The quantitative estimate of drug-likeness (QED) is 0.333. The lowest BCUT2D eigenvalue weighted by Gasteiger charge is -2.52. The Kier molecular flexibility index (Phi) is 7.79. The number of primary amides is 1. The van der Waals surface area contributed by atoms with Crippen molar-refractivity contribution in [3.63, 3.8) is 0 Å². The summed E-state index contributed by atoms with van der Waals surface area (Å²) in [4.78, 5) is 69.2. The number of hydrogen-bond donors (Lipinski definition) is 4. The molecule has 0 heterocycles. The first-order valence-electron chi connectivity index (χ1n) is 13.6. The number of carbonyl (C=O) groups excluding carboxylic acids is 5. The molecule has 224 valence electrons. The first-order chi connectivity index (χ1) is 18.9. The third-order valence-corrected chi connectivity index (χ3v) is 9.19. The number of aliphatic hydroxyl groups excluding tert-OH is 1. The molecule has 3 aliphatic carbocycles. The Balaban J connectivity index is 1.78. The van der Waals surface area contributed by atoms with Gasteiger partial charge >= 0.3 is 0 Å². The van der Waals surface area contributed by atoms with Crippen LogP contribution in [0.25, 0.3) is 0 Å². The summed E-state index contributed by atoms with van der Waals surface area (Å²) < 4.78 is 16.0. The maximum absolute atomic E-state index is 16.0. The van der Waals surface area contributed by atoms with Gasteiger partial charge in [0.25, 0.3) is 0 Å². The summed E-state index contributed by atoms with van der Waals surface area (Å²) in [6, 6.07) is -0.462. The van der Waals surface area contributed by atoms with Crippen LogP contribution in [-0.2, 0) is 32.1 Å². The van der Waals surface area contributed by atoms with E-state index in [2.05, 4.69) is 0 Å². The molecule has 1 aromatic carbocycles. The lowest BCUT2D eigenvalue weighted by molar-refractivity contribution is -0.181. The van der Waals surface area contributed by atoms with E-state index in [1.807, 2.05) is 20.8 Å². The van der Waals surface area contributed by atoms with Gasteiger partial charge in [0, 0.05) is 29.6 Å². The van der Waals surface area contributed by atoms with Gasteiger partial charge in [0.05, 0.1) is 24.1 Å². The van der Waals surface area contributed by atoms with E-state index in [0.29, 0.717) is 0 Å². The van der Waals surface area contributed by atoms with E-state index in [-0.39, 0.29) is 48.6 Å². The van der Waals surface area contributed by atoms with Crippen LogP contribution in [0, 0.1) is 34.9 Å². The van der Waals surface area contributed by atoms with Crippen LogP contribution in [0.4, 0.5) is 4.39 Å². The third kappa shape index (κ3) is 4.61. The number of halogens is 1. The molecule has 0 saturated heterocycles. The number of ketones is 4. The SMILES string of the molecule is CN(C)[C@@H]1C(=O)C(C(N)=O)C(=O)[C@@]2(O)C(=O)C3C(=O)c4c(O)cc(CN(C)[C@H](CO)C(C)(C)C)c(F)c4C[C@H]3C[C@@H]12. The van der Waals surface area contributed by atoms with Crippen LogP contribution in [0.2, 0.25) is 0 Å². The van der Waals surface area contributed by atoms with Crippen LogP contribution in [0.1, 0.15) is 48.7 Å². The predicted molar refractivity (Wildman–Crippen MR) is 143 cm³/mol. The molecule has 41 heavy (non-hydrogen) atoms. The summed E-state index contributed by atoms with van der Waals surface area (Å²) in [5.41, 5.74) is 1.75. The van der Waals surface area contributed by atoms with Crippen LogP contribution in [0.15, 0.2) is 6.07 Å². The summed E-state index contributed by atoms with van der Waals surface area (Å²) in [7, 11) is 4.70. The molecule has 2 fully saturated rings. The van der Waals surface area contributed by atoms with Gasteiger partial charge in [-0.3, -0.25) is 33.8 Å². The number of fused-ring (bicyclic) bond motifs is 3. The molecule has 0 spiro atoms. The molecule has 3 aliphatic rings. The third-order valence-electron chi connectivity index (χ3n) is 9.19. The number of phenolic OH excluding ortho intramolecular Hbond substituents is 1. The fourth-order valence-electron chi connectivity index (χ4n) is 7.28. The molecule has 1 amide bonds. The summed E-state index contributed by atoms with van der Waals surface area (Å²) in [6.45, 7) is 5.61. The number of hydrogen-bond acceptors (Lipinski definition) is 10. The highest BCUT2D eigenvalue weighted by Crippen LogP contribution is 2.51. The minimum absolute atomic E-state index is 0.0129. The summed E-state index contributed by atoms with van der Waals surface area (Å²) in [6.07, 6.45) is -0.323. The number of amides is 1. The fraction of sp³-hybridized carbons (Fsp3) is 0.621. The summed E-state index contributed by atoms with van der Waals surface area (Å²) in [5, 5.41) is 32.4. The number of Topliss-reactive ketones (excluding diaryl/α,β-unsaturated/α-hetero) is 4. The predicted octanol–water partition coefficient (Wildman–Crippen LogP) is -0.155. The second-order valence-electron chi connectivity index (χ2n) is 13.0. The molecule has 0 bridgehead atoms. The number of rotatable bonds is 6. The van der Waals surface area contributed by atoms with Gasteiger partial charge in [-0.15, -0.1) is 0 Å². The first kappa shape index (κ1) is 30.9. The highest BCUT2D eigenvalue weighted by molar-refractivity contribution is 6.32. The molecule has 4 rings (SSSR count). The Morgan fingerprint density at radius 2 is 1.78 bits per heavy atom. The van der Waals surface area contributed by atoms with Gasteiger partial charge in [-0.2, -0.15) is 0 Å². The molecular formula is C29H38FN3O8. The second-order valence-corrected chi connectivity index (χ2v) is 13.0. The number of carbonyl (C=O) groups is 5. The van der Waals surface area contributed by atoms with Gasteiger partial charge in [-0.05, 0) is 51.4 Å². The Bertz CT molecular complexity index is 1340. The zero-order chi connectivity index (χ0) is 30.9. The maximum Gasteiger partial charge on any atom is 0.235 e. The van der Waals surface area contributed by atoms with Crippen molar-refractivity contribution in [1.82, 2.24) is 9.80 Å². The number of benzene rings is 1. The largest absolute Gasteiger partial charge is 0.507 e. The second kappa shape index (κ2) is 10.3. The van der Waals surface area contributed by atoms with Crippen LogP contribution in [0.5, 0.6) is 5.75 Å². The van der Waals surface area contributed by atoms with E-state index < -0.39 is 81.5 Å². The van der Waals surface area contributed by atoms with Gasteiger partial charge < -0.3 is 21.1 Å². The number of phenols is 1. The zero-order valence-corrected chi connectivity index (χ0v) is 24.1. The molecule has 0 radical (unpaired) electrons. The van der Waals surface area contributed by atoms with Crippen molar-refractivity contribution in [2.75, 3.05) is 27.7 Å². The van der Waals surface area contributed by atoms with Crippen molar-refractivity contribution in [2.45, 2.75) is 57.8 Å².